The Bertz CT molecular complexity index is 1040. The molecule has 0 atom stereocenters. The summed E-state index contributed by atoms with van der Waals surface area (Å²) >= 11 is 1.09. The minimum atomic E-state index is -0.759. The van der Waals surface area contributed by atoms with Crippen molar-refractivity contribution in [2.75, 3.05) is 19.5 Å². The Morgan fingerprint density at radius 3 is 2.39 bits per heavy atom. The van der Waals surface area contributed by atoms with E-state index in [9.17, 15) is 14.3 Å². The first-order chi connectivity index (χ1) is 13.5. The number of anilines is 1. The molecule has 1 heterocycles. The first-order valence-electron chi connectivity index (χ1n) is 8.98. The van der Waals surface area contributed by atoms with Crippen LogP contribution in [0.5, 0.6) is 5.75 Å². The maximum atomic E-state index is 13.7. The zero-order chi connectivity index (χ0) is 19.9. The number of nitrogens with one attached hydrogen (secondary N) is 1. The maximum Gasteiger partial charge on any atom is 0.314 e. The molecule has 1 fully saturated rings. The Morgan fingerprint density at radius 1 is 1.14 bits per heavy atom. The summed E-state index contributed by atoms with van der Waals surface area (Å²) < 4.78 is 19.3. The van der Waals surface area contributed by atoms with Gasteiger partial charge in [0.25, 0.3) is 0 Å². The van der Waals surface area contributed by atoms with E-state index in [-0.39, 0.29) is 5.13 Å². The average Bonchev–Trinajstić information content (AvgIpc) is 3.44. The third-order valence-corrected chi connectivity index (χ3v) is 6.32. The van der Waals surface area contributed by atoms with Crippen molar-refractivity contribution in [3.8, 4) is 27.3 Å². The van der Waals surface area contributed by atoms with Gasteiger partial charge in [-0.1, -0.05) is 36.4 Å². The summed E-state index contributed by atoms with van der Waals surface area (Å²) in [5.41, 5.74) is 3.59. The number of benzene rings is 2. The molecular weight excluding hydrogens is 377 g/mol. The normalized spacial score (nSPS) is 14.5. The SMILES string of the molecule is CNc1cc(F)sc1-c1ccc(-c2ccc(C3(C(=O)O)CC3)cc2)c(OC)c1. The number of rotatable bonds is 6. The van der Waals surface area contributed by atoms with Crippen LogP contribution in [0.3, 0.4) is 0 Å². The predicted octanol–water partition coefficient (Wildman–Crippen LogP) is 5.39. The fraction of sp³-hybridized carbons (Fsp3) is 0.227. The van der Waals surface area contributed by atoms with Gasteiger partial charge in [0.2, 0.25) is 0 Å². The van der Waals surface area contributed by atoms with Gasteiger partial charge in [-0.3, -0.25) is 4.79 Å². The number of thiophene rings is 1. The average molecular weight is 397 g/mol. The lowest BCUT2D eigenvalue weighted by Gasteiger charge is -2.14. The monoisotopic (exact) mass is 397 g/mol. The standard InChI is InChI=1S/C22H20FNO3S/c1-24-17-12-19(23)28-20(17)14-5-8-16(18(11-14)27-2)13-3-6-15(7-4-13)22(9-10-22)21(25)26/h3-8,11-12,24H,9-10H2,1-2H3,(H,25,26). The van der Waals surface area contributed by atoms with E-state index >= 15 is 0 Å². The molecule has 0 amide bonds. The highest BCUT2D eigenvalue weighted by molar-refractivity contribution is 7.14. The van der Waals surface area contributed by atoms with Crippen molar-refractivity contribution in [2.24, 2.45) is 0 Å². The van der Waals surface area contributed by atoms with Crippen LogP contribution in [0.2, 0.25) is 0 Å². The summed E-state index contributed by atoms with van der Waals surface area (Å²) in [6.45, 7) is 0. The van der Waals surface area contributed by atoms with Gasteiger partial charge in [0.05, 0.1) is 23.1 Å². The summed E-state index contributed by atoms with van der Waals surface area (Å²) in [6.07, 6.45) is 1.37. The van der Waals surface area contributed by atoms with Gasteiger partial charge >= 0.3 is 5.97 Å². The lowest BCUT2D eigenvalue weighted by atomic mass is 9.93. The summed E-state index contributed by atoms with van der Waals surface area (Å²) in [4.78, 5) is 12.3. The summed E-state index contributed by atoms with van der Waals surface area (Å²) in [6, 6.07) is 14.9. The van der Waals surface area contributed by atoms with Crippen LogP contribution in [0.4, 0.5) is 10.1 Å². The highest BCUT2D eigenvalue weighted by atomic mass is 32.1. The van der Waals surface area contributed by atoms with Crippen LogP contribution in [-0.2, 0) is 10.2 Å². The summed E-state index contributed by atoms with van der Waals surface area (Å²) in [7, 11) is 3.37. The van der Waals surface area contributed by atoms with E-state index in [2.05, 4.69) is 5.32 Å². The lowest BCUT2D eigenvalue weighted by molar-refractivity contribution is -0.140. The highest BCUT2D eigenvalue weighted by Crippen LogP contribution is 2.49. The number of aliphatic carboxylic acids is 1. The zero-order valence-electron chi connectivity index (χ0n) is 15.6. The van der Waals surface area contributed by atoms with Gasteiger partial charge in [-0.15, -0.1) is 11.3 Å². The van der Waals surface area contributed by atoms with Crippen LogP contribution >= 0.6 is 11.3 Å². The largest absolute Gasteiger partial charge is 0.496 e. The predicted molar refractivity (Wildman–Crippen MR) is 110 cm³/mol. The van der Waals surface area contributed by atoms with Crippen LogP contribution in [-0.4, -0.2) is 25.2 Å². The van der Waals surface area contributed by atoms with E-state index in [1.165, 1.54) is 6.07 Å². The van der Waals surface area contributed by atoms with Gasteiger partial charge in [0.1, 0.15) is 5.75 Å². The first-order valence-corrected chi connectivity index (χ1v) is 9.80. The van der Waals surface area contributed by atoms with E-state index in [0.29, 0.717) is 18.6 Å². The second-order valence-electron chi connectivity index (χ2n) is 6.92. The molecule has 4 rings (SSSR count). The number of methoxy groups -OCH3 is 1. The molecule has 6 heteroatoms. The van der Waals surface area contributed by atoms with E-state index in [0.717, 1.165) is 44.2 Å². The molecule has 2 aromatic carbocycles. The van der Waals surface area contributed by atoms with Crippen LogP contribution < -0.4 is 10.1 Å². The maximum absolute atomic E-state index is 13.7. The third kappa shape index (κ3) is 3.03. The topological polar surface area (TPSA) is 58.6 Å². The fourth-order valence-electron chi connectivity index (χ4n) is 3.55. The van der Waals surface area contributed by atoms with Crippen LogP contribution in [0.1, 0.15) is 18.4 Å². The number of hydrogen-bond acceptors (Lipinski definition) is 4. The Hall–Kier alpha value is -2.86. The molecule has 0 bridgehead atoms. The Kier molecular flexibility index (Phi) is 4.59. The summed E-state index contributed by atoms with van der Waals surface area (Å²) in [5, 5.41) is 12.2. The van der Waals surface area contributed by atoms with Crippen molar-refractivity contribution in [3.63, 3.8) is 0 Å². The minimum absolute atomic E-state index is 0.245. The molecule has 0 aliphatic heterocycles. The van der Waals surface area contributed by atoms with E-state index in [1.54, 1.807) is 14.2 Å². The fourth-order valence-corrected chi connectivity index (χ4v) is 4.44. The lowest BCUT2D eigenvalue weighted by Crippen LogP contribution is -2.19. The van der Waals surface area contributed by atoms with Crippen molar-refractivity contribution in [3.05, 3.63) is 59.2 Å². The van der Waals surface area contributed by atoms with Crippen molar-refractivity contribution in [1.29, 1.82) is 0 Å². The first kappa shape index (κ1) is 18.5. The van der Waals surface area contributed by atoms with Crippen LogP contribution in [0.15, 0.2) is 48.5 Å². The molecule has 0 radical (unpaired) electrons. The summed E-state index contributed by atoms with van der Waals surface area (Å²) in [5.74, 6) is -0.0776. The molecule has 3 aromatic rings. The number of ether oxygens (including phenoxy) is 1. The Labute approximate surface area is 166 Å². The molecule has 1 aliphatic carbocycles. The molecule has 1 aromatic heterocycles. The van der Waals surface area contributed by atoms with Gasteiger partial charge in [0.15, 0.2) is 5.13 Å². The van der Waals surface area contributed by atoms with Crippen molar-refractivity contribution < 1.29 is 19.0 Å². The Balaban J connectivity index is 1.70. The number of halogens is 1. The quantitative estimate of drug-likeness (QED) is 0.586. The van der Waals surface area contributed by atoms with Crippen LogP contribution in [0.25, 0.3) is 21.6 Å². The third-order valence-electron chi connectivity index (χ3n) is 5.34. The highest BCUT2D eigenvalue weighted by Gasteiger charge is 2.51. The van der Waals surface area contributed by atoms with Gasteiger partial charge in [0, 0.05) is 18.7 Å². The zero-order valence-corrected chi connectivity index (χ0v) is 16.4. The second kappa shape index (κ2) is 6.95. The molecule has 0 saturated heterocycles. The van der Waals surface area contributed by atoms with Crippen molar-refractivity contribution in [1.82, 2.24) is 0 Å². The minimum Gasteiger partial charge on any atom is -0.496 e. The molecule has 1 aliphatic rings. The smallest absolute Gasteiger partial charge is 0.314 e. The van der Waals surface area contributed by atoms with Crippen molar-refractivity contribution in [2.45, 2.75) is 18.3 Å². The van der Waals surface area contributed by atoms with Gasteiger partial charge < -0.3 is 15.2 Å². The molecule has 2 N–H and O–H groups in total. The van der Waals surface area contributed by atoms with Crippen LogP contribution in [0, 0.1) is 5.13 Å². The Morgan fingerprint density at radius 2 is 1.82 bits per heavy atom. The molecular formula is C22H20FNO3S. The van der Waals surface area contributed by atoms with Gasteiger partial charge in [-0.25, -0.2) is 0 Å². The number of carboxylic acid groups (broad SMARTS) is 1. The van der Waals surface area contributed by atoms with Crippen molar-refractivity contribution >= 4 is 23.0 Å². The van der Waals surface area contributed by atoms with Gasteiger partial charge in [-0.2, -0.15) is 4.39 Å². The number of carbonyl (C=O) groups is 1. The second-order valence-corrected chi connectivity index (χ2v) is 7.93. The van der Waals surface area contributed by atoms with E-state index in [1.807, 2.05) is 42.5 Å². The molecule has 0 spiro atoms. The molecule has 144 valence electrons. The number of hydrogen-bond donors (Lipinski definition) is 2. The van der Waals surface area contributed by atoms with E-state index in [4.69, 9.17) is 4.74 Å². The van der Waals surface area contributed by atoms with Gasteiger partial charge in [-0.05, 0) is 35.6 Å². The molecule has 0 unspecified atom stereocenters. The molecule has 1 saturated carbocycles. The number of carboxylic acids is 1. The molecule has 4 nitrogen and oxygen atoms in total. The molecule has 28 heavy (non-hydrogen) atoms. The van der Waals surface area contributed by atoms with E-state index < -0.39 is 11.4 Å².